The molecule has 2 aromatic rings. The summed E-state index contributed by atoms with van der Waals surface area (Å²) in [5.74, 6) is -0.0717. The number of nitrogens with zero attached hydrogens (tertiary/aromatic N) is 3. The fourth-order valence-electron chi connectivity index (χ4n) is 1.86. The molecule has 0 aliphatic carbocycles. The van der Waals surface area contributed by atoms with Gasteiger partial charge in [-0.2, -0.15) is 0 Å². The fourth-order valence-corrected chi connectivity index (χ4v) is 1.86. The Balaban J connectivity index is 2.01. The van der Waals surface area contributed by atoms with Gasteiger partial charge in [0.2, 0.25) is 0 Å². The Morgan fingerprint density at radius 1 is 1.53 bits per heavy atom. The van der Waals surface area contributed by atoms with Crippen LogP contribution in [0.25, 0.3) is 0 Å². The van der Waals surface area contributed by atoms with Crippen LogP contribution in [0.2, 0.25) is 0 Å². The molecule has 0 saturated carbocycles. The van der Waals surface area contributed by atoms with Gasteiger partial charge >= 0.3 is 5.97 Å². The Morgan fingerprint density at radius 2 is 2.32 bits per heavy atom. The Bertz CT molecular complexity index is 580. The lowest BCUT2D eigenvalue weighted by molar-refractivity contribution is 0.0696. The first-order valence-corrected chi connectivity index (χ1v) is 5.97. The van der Waals surface area contributed by atoms with E-state index < -0.39 is 5.97 Å². The van der Waals surface area contributed by atoms with E-state index in [1.807, 2.05) is 24.6 Å². The Hall–Kier alpha value is -2.21. The van der Waals surface area contributed by atoms with Crippen molar-refractivity contribution < 1.29 is 9.90 Å². The van der Waals surface area contributed by atoms with Gasteiger partial charge in [-0.3, -0.25) is 0 Å². The highest BCUT2D eigenvalue weighted by atomic mass is 16.4. The third-order valence-corrected chi connectivity index (χ3v) is 2.92. The molecule has 6 heteroatoms. The van der Waals surface area contributed by atoms with Gasteiger partial charge in [-0.05, 0) is 24.6 Å². The Morgan fingerprint density at radius 3 is 2.95 bits per heavy atom. The van der Waals surface area contributed by atoms with Crippen LogP contribution in [0.3, 0.4) is 0 Å². The van der Waals surface area contributed by atoms with Gasteiger partial charge in [-0.1, -0.05) is 12.1 Å². The number of aromatic nitrogens is 3. The third-order valence-electron chi connectivity index (χ3n) is 2.92. The Kier molecular flexibility index (Phi) is 3.91. The zero-order chi connectivity index (χ0) is 13.8. The van der Waals surface area contributed by atoms with Crippen LogP contribution in [0.15, 0.2) is 30.6 Å². The lowest BCUT2D eigenvalue weighted by atomic mass is 10.1. The van der Waals surface area contributed by atoms with Gasteiger partial charge in [-0.25, -0.2) is 4.79 Å². The van der Waals surface area contributed by atoms with Gasteiger partial charge < -0.3 is 15.0 Å². The standard InChI is InChI=1S/C13H16N4O2/c1-9(12-16-15-8-17(12)2)14-7-10-4-3-5-11(6-10)13(18)19/h3-6,8-9,14H,7H2,1-2H3,(H,18,19). The first-order chi connectivity index (χ1) is 9.08. The molecule has 0 radical (unpaired) electrons. The number of benzene rings is 1. The molecule has 0 spiro atoms. The minimum Gasteiger partial charge on any atom is -0.478 e. The number of hydrogen-bond acceptors (Lipinski definition) is 4. The summed E-state index contributed by atoms with van der Waals surface area (Å²) in [4.78, 5) is 10.9. The summed E-state index contributed by atoms with van der Waals surface area (Å²) in [5.41, 5.74) is 1.22. The van der Waals surface area contributed by atoms with Crippen molar-refractivity contribution in [3.05, 3.63) is 47.5 Å². The van der Waals surface area contributed by atoms with E-state index in [1.54, 1.807) is 24.5 Å². The maximum atomic E-state index is 10.9. The summed E-state index contributed by atoms with van der Waals surface area (Å²) >= 11 is 0. The van der Waals surface area contributed by atoms with Crippen molar-refractivity contribution in [3.63, 3.8) is 0 Å². The van der Waals surface area contributed by atoms with Crippen LogP contribution in [0.4, 0.5) is 0 Å². The summed E-state index contributed by atoms with van der Waals surface area (Å²) in [6.07, 6.45) is 1.65. The van der Waals surface area contributed by atoms with Crippen molar-refractivity contribution in [2.45, 2.75) is 19.5 Å². The highest BCUT2D eigenvalue weighted by molar-refractivity contribution is 5.87. The van der Waals surface area contributed by atoms with Gasteiger partial charge in [0.1, 0.15) is 12.2 Å². The molecule has 0 aliphatic rings. The molecule has 0 aliphatic heterocycles. The second kappa shape index (κ2) is 5.62. The molecule has 2 N–H and O–H groups in total. The van der Waals surface area contributed by atoms with E-state index in [9.17, 15) is 4.79 Å². The fraction of sp³-hybridized carbons (Fsp3) is 0.308. The maximum Gasteiger partial charge on any atom is 0.335 e. The molecule has 19 heavy (non-hydrogen) atoms. The molecule has 6 nitrogen and oxygen atoms in total. The van der Waals surface area contributed by atoms with Gasteiger partial charge in [0, 0.05) is 13.6 Å². The van der Waals surface area contributed by atoms with Crippen LogP contribution in [0, 0.1) is 0 Å². The lowest BCUT2D eigenvalue weighted by Crippen LogP contribution is -2.21. The average Bonchev–Trinajstić information content (AvgIpc) is 2.82. The molecule has 0 fully saturated rings. The van der Waals surface area contributed by atoms with E-state index in [0.29, 0.717) is 12.1 Å². The number of nitrogens with one attached hydrogen (secondary N) is 1. The number of aromatic carboxylic acids is 1. The van der Waals surface area contributed by atoms with Crippen LogP contribution >= 0.6 is 0 Å². The van der Waals surface area contributed by atoms with Crippen molar-refractivity contribution in [3.8, 4) is 0 Å². The number of carboxylic acids is 1. The van der Waals surface area contributed by atoms with Crippen molar-refractivity contribution in [2.75, 3.05) is 0 Å². The minimum absolute atomic E-state index is 0.0426. The van der Waals surface area contributed by atoms with Crippen LogP contribution in [-0.4, -0.2) is 25.8 Å². The van der Waals surface area contributed by atoms with Crippen LogP contribution in [0.5, 0.6) is 0 Å². The first kappa shape index (κ1) is 13.2. The molecule has 1 atom stereocenters. The third kappa shape index (κ3) is 3.17. The summed E-state index contributed by atoms with van der Waals surface area (Å²) in [6.45, 7) is 2.57. The van der Waals surface area contributed by atoms with Crippen molar-refractivity contribution >= 4 is 5.97 Å². The number of carbonyl (C=O) groups is 1. The molecule has 1 aromatic heterocycles. The molecular formula is C13H16N4O2. The predicted molar refractivity (Wildman–Crippen MR) is 69.7 cm³/mol. The van der Waals surface area contributed by atoms with E-state index >= 15 is 0 Å². The van der Waals surface area contributed by atoms with Gasteiger partial charge in [0.05, 0.1) is 11.6 Å². The second-order valence-electron chi connectivity index (χ2n) is 4.41. The minimum atomic E-state index is -0.914. The summed E-state index contributed by atoms with van der Waals surface area (Å²) < 4.78 is 1.85. The highest BCUT2D eigenvalue weighted by Gasteiger charge is 2.11. The van der Waals surface area contributed by atoms with Crippen molar-refractivity contribution in [1.82, 2.24) is 20.1 Å². The largest absolute Gasteiger partial charge is 0.478 e. The summed E-state index contributed by atoms with van der Waals surface area (Å²) in [5, 5.41) is 20.1. The molecule has 0 amide bonds. The molecule has 2 rings (SSSR count). The van der Waals surface area contributed by atoms with Gasteiger partial charge in [0.25, 0.3) is 0 Å². The Labute approximate surface area is 111 Å². The topological polar surface area (TPSA) is 80.0 Å². The molecule has 0 saturated heterocycles. The second-order valence-corrected chi connectivity index (χ2v) is 4.41. The van der Waals surface area contributed by atoms with E-state index in [2.05, 4.69) is 15.5 Å². The summed E-state index contributed by atoms with van der Waals surface area (Å²) in [7, 11) is 1.89. The zero-order valence-corrected chi connectivity index (χ0v) is 10.9. The van der Waals surface area contributed by atoms with Crippen LogP contribution < -0.4 is 5.32 Å². The van der Waals surface area contributed by atoms with Crippen molar-refractivity contribution in [1.29, 1.82) is 0 Å². The normalized spacial score (nSPS) is 12.3. The molecular weight excluding hydrogens is 244 g/mol. The predicted octanol–water partition coefficient (Wildman–Crippen LogP) is 1.36. The molecule has 100 valence electrons. The molecule has 1 unspecified atom stereocenters. The van der Waals surface area contributed by atoms with Crippen LogP contribution in [0.1, 0.15) is 34.7 Å². The number of rotatable bonds is 5. The van der Waals surface area contributed by atoms with E-state index in [0.717, 1.165) is 11.4 Å². The number of carboxylic acid groups (broad SMARTS) is 1. The van der Waals surface area contributed by atoms with E-state index in [-0.39, 0.29) is 6.04 Å². The van der Waals surface area contributed by atoms with Gasteiger partial charge in [-0.15, -0.1) is 10.2 Å². The highest BCUT2D eigenvalue weighted by Crippen LogP contribution is 2.10. The average molecular weight is 260 g/mol. The molecule has 0 bridgehead atoms. The lowest BCUT2D eigenvalue weighted by Gasteiger charge is -2.13. The van der Waals surface area contributed by atoms with Gasteiger partial charge in [0.15, 0.2) is 0 Å². The SMILES string of the molecule is CC(NCc1cccc(C(=O)O)c1)c1nncn1C. The quantitative estimate of drug-likeness (QED) is 0.848. The number of aryl methyl sites for hydroxylation is 1. The zero-order valence-electron chi connectivity index (χ0n) is 10.9. The van der Waals surface area contributed by atoms with E-state index in [1.165, 1.54) is 0 Å². The monoisotopic (exact) mass is 260 g/mol. The van der Waals surface area contributed by atoms with Crippen molar-refractivity contribution in [2.24, 2.45) is 7.05 Å². The molecule has 1 aromatic carbocycles. The molecule has 1 heterocycles. The van der Waals surface area contributed by atoms with E-state index in [4.69, 9.17) is 5.11 Å². The summed E-state index contributed by atoms with van der Waals surface area (Å²) in [6, 6.07) is 6.92. The number of hydrogen-bond donors (Lipinski definition) is 2. The van der Waals surface area contributed by atoms with Crippen LogP contribution in [-0.2, 0) is 13.6 Å². The first-order valence-electron chi connectivity index (χ1n) is 5.97. The smallest absolute Gasteiger partial charge is 0.335 e. The maximum absolute atomic E-state index is 10.9.